The van der Waals surface area contributed by atoms with E-state index in [1.807, 2.05) is 0 Å². The monoisotopic (exact) mass is 240 g/mol. The van der Waals surface area contributed by atoms with Crippen molar-refractivity contribution in [1.29, 1.82) is 0 Å². The van der Waals surface area contributed by atoms with Crippen molar-refractivity contribution in [1.82, 2.24) is 10.2 Å². The van der Waals surface area contributed by atoms with Crippen molar-refractivity contribution in [3.8, 4) is 0 Å². The second-order valence-corrected chi connectivity index (χ2v) is 6.07. The Morgan fingerprint density at radius 1 is 1.18 bits per heavy atom. The molecule has 1 aliphatic heterocycles. The van der Waals surface area contributed by atoms with Crippen LogP contribution < -0.4 is 5.32 Å². The van der Waals surface area contributed by atoms with E-state index in [1.54, 1.807) is 0 Å². The first-order valence-corrected chi connectivity index (χ1v) is 7.32. The summed E-state index contributed by atoms with van der Waals surface area (Å²) in [5, 5.41) is 13.5. The number of hydrogen-bond acceptors (Lipinski definition) is 3. The molecule has 0 aromatic heterocycles. The van der Waals surface area contributed by atoms with E-state index in [4.69, 9.17) is 0 Å². The molecule has 1 saturated heterocycles. The summed E-state index contributed by atoms with van der Waals surface area (Å²) in [5.74, 6) is 0.512. The first kappa shape index (κ1) is 13.3. The summed E-state index contributed by atoms with van der Waals surface area (Å²) in [7, 11) is 0. The van der Waals surface area contributed by atoms with Crippen molar-refractivity contribution < 1.29 is 5.11 Å². The van der Waals surface area contributed by atoms with Crippen LogP contribution >= 0.6 is 0 Å². The first-order valence-electron chi connectivity index (χ1n) is 7.32. The van der Waals surface area contributed by atoms with Crippen molar-refractivity contribution in [3.63, 3.8) is 0 Å². The molecular weight excluding hydrogens is 212 g/mol. The van der Waals surface area contributed by atoms with Crippen LogP contribution in [-0.2, 0) is 0 Å². The van der Waals surface area contributed by atoms with Crippen LogP contribution in [0.15, 0.2) is 0 Å². The highest BCUT2D eigenvalue weighted by Gasteiger charge is 2.26. The van der Waals surface area contributed by atoms with Gasteiger partial charge in [0.2, 0.25) is 0 Å². The van der Waals surface area contributed by atoms with Crippen molar-refractivity contribution in [2.45, 2.75) is 64.1 Å². The quantitative estimate of drug-likeness (QED) is 0.783. The number of aliphatic hydroxyl groups excluding tert-OH is 1. The predicted octanol–water partition coefficient (Wildman–Crippen LogP) is 1.61. The lowest BCUT2D eigenvalue weighted by molar-refractivity contribution is 0.121. The van der Waals surface area contributed by atoms with E-state index >= 15 is 0 Å². The SMILES string of the molecule is CC(C)N1CCC(NCC2CCCC2O)CC1. The lowest BCUT2D eigenvalue weighted by Gasteiger charge is -2.35. The first-order chi connectivity index (χ1) is 8.16. The molecule has 2 atom stereocenters. The van der Waals surface area contributed by atoms with Gasteiger partial charge in [0.25, 0.3) is 0 Å². The molecule has 2 fully saturated rings. The van der Waals surface area contributed by atoms with Crippen molar-refractivity contribution >= 4 is 0 Å². The maximum Gasteiger partial charge on any atom is 0.0580 e. The molecule has 0 spiro atoms. The molecule has 0 aromatic carbocycles. The number of rotatable bonds is 4. The topological polar surface area (TPSA) is 35.5 Å². The second-order valence-electron chi connectivity index (χ2n) is 6.07. The fourth-order valence-electron chi connectivity index (χ4n) is 3.19. The zero-order chi connectivity index (χ0) is 12.3. The molecule has 100 valence electrons. The van der Waals surface area contributed by atoms with Crippen LogP contribution in [0.4, 0.5) is 0 Å². The van der Waals surface area contributed by atoms with Gasteiger partial charge in [0.1, 0.15) is 0 Å². The van der Waals surface area contributed by atoms with Gasteiger partial charge in [-0.3, -0.25) is 0 Å². The van der Waals surface area contributed by atoms with E-state index in [2.05, 4.69) is 24.1 Å². The third kappa shape index (κ3) is 3.67. The van der Waals surface area contributed by atoms with Gasteiger partial charge in [-0.05, 0) is 58.5 Å². The van der Waals surface area contributed by atoms with E-state index in [1.165, 1.54) is 38.8 Å². The summed E-state index contributed by atoms with van der Waals surface area (Å²) in [5.41, 5.74) is 0. The average Bonchev–Trinajstić information content (AvgIpc) is 2.73. The maximum atomic E-state index is 9.79. The van der Waals surface area contributed by atoms with E-state index in [-0.39, 0.29) is 6.10 Å². The average molecular weight is 240 g/mol. The number of aliphatic hydroxyl groups is 1. The second kappa shape index (κ2) is 6.17. The lowest BCUT2D eigenvalue weighted by atomic mass is 10.0. The summed E-state index contributed by atoms with van der Waals surface area (Å²) in [6, 6.07) is 1.37. The molecule has 2 rings (SSSR count). The standard InChI is InChI=1S/C14H28N2O/c1-11(2)16-8-6-13(7-9-16)15-10-12-4-3-5-14(12)17/h11-15,17H,3-10H2,1-2H3. The molecule has 2 unspecified atom stereocenters. The van der Waals surface area contributed by atoms with Crippen molar-refractivity contribution in [3.05, 3.63) is 0 Å². The molecule has 1 saturated carbocycles. The van der Waals surface area contributed by atoms with E-state index < -0.39 is 0 Å². The number of hydrogen-bond donors (Lipinski definition) is 2. The number of likely N-dealkylation sites (tertiary alicyclic amines) is 1. The van der Waals surface area contributed by atoms with Crippen LogP contribution in [0.1, 0.15) is 46.0 Å². The predicted molar refractivity (Wildman–Crippen MR) is 71.1 cm³/mol. The van der Waals surface area contributed by atoms with Crippen LogP contribution in [0.2, 0.25) is 0 Å². The molecule has 2 N–H and O–H groups in total. The van der Waals surface area contributed by atoms with Gasteiger partial charge in [-0.25, -0.2) is 0 Å². The van der Waals surface area contributed by atoms with Gasteiger partial charge in [-0.2, -0.15) is 0 Å². The van der Waals surface area contributed by atoms with E-state index in [0.29, 0.717) is 18.0 Å². The molecule has 0 radical (unpaired) electrons. The summed E-state index contributed by atoms with van der Waals surface area (Å²) < 4.78 is 0. The normalized spacial score (nSPS) is 32.5. The third-order valence-electron chi connectivity index (χ3n) is 4.55. The summed E-state index contributed by atoms with van der Waals surface area (Å²) in [6.07, 6.45) is 5.91. The Morgan fingerprint density at radius 3 is 2.41 bits per heavy atom. The summed E-state index contributed by atoms with van der Waals surface area (Å²) >= 11 is 0. The number of piperidine rings is 1. The van der Waals surface area contributed by atoms with Gasteiger partial charge in [0.15, 0.2) is 0 Å². The largest absolute Gasteiger partial charge is 0.393 e. The summed E-state index contributed by atoms with van der Waals surface area (Å²) in [4.78, 5) is 2.56. The Bertz CT molecular complexity index is 224. The zero-order valence-electron chi connectivity index (χ0n) is 11.4. The zero-order valence-corrected chi connectivity index (χ0v) is 11.4. The third-order valence-corrected chi connectivity index (χ3v) is 4.55. The smallest absolute Gasteiger partial charge is 0.0580 e. The van der Waals surface area contributed by atoms with Crippen LogP contribution in [0.25, 0.3) is 0 Å². The Balaban J connectivity index is 1.64. The van der Waals surface area contributed by atoms with Gasteiger partial charge in [0, 0.05) is 18.6 Å². The minimum absolute atomic E-state index is 0.0433. The fraction of sp³-hybridized carbons (Fsp3) is 1.00. The molecule has 0 aromatic rings. The van der Waals surface area contributed by atoms with Crippen LogP contribution in [0.3, 0.4) is 0 Å². The van der Waals surface area contributed by atoms with Gasteiger partial charge >= 0.3 is 0 Å². The molecule has 17 heavy (non-hydrogen) atoms. The Hall–Kier alpha value is -0.120. The van der Waals surface area contributed by atoms with Gasteiger partial charge < -0.3 is 15.3 Å². The van der Waals surface area contributed by atoms with E-state index in [9.17, 15) is 5.11 Å². The molecular formula is C14H28N2O. The Kier molecular flexibility index (Phi) is 4.83. The number of nitrogens with one attached hydrogen (secondary N) is 1. The van der Waals surface area contributed by atoms with Gasteiger partial charge in [-0.1, -0.05) is 6.42 Å². The Labute approximate surface area is 106 Å². The maximum absolute atomic E-state index is 9.79. The molecule has 1 heterocycles. The van der Waals surface area contributed by atoms with Gasteiger partial charge in [0.05, 0.1) is 6.10 Å². The Morgan fingerprint density at radius 2 is 1.88 bits per heavy atom. The van der Waals surface area contributed by atoms with Gasteiger partial charge in [-0.15, -0.1) is 0 Å². The minimum Gasteiger partial charge on any atom is -0.393 e. The van der Waals surface area contributed by atoms with Crippen molar-refractivity contribution in [2.24, 2.45) is 5.92 Å². The highest BCUT2D eigenvalue weighted by Crippen LogP contribution is 2.25. The molecule has 3 nitrogen and oxygen atoms in total. The highest BCUT2D eigenvalue weighted by molar-refractivity contribution is 4.83. The molecule has 3 heteroatoms. The molecule has 1 aliphatic carbocycles. The minimum atomic E-state index is -0.0433. The number of nitrogens with zero attached hydrogens (tertiary/aromatic N) is 1. The van der Waals surface area contributed by atoms with Crippen LogP contribution in [-0.4, -0.2) is 47.8 Å². The highest BCUT2D eigenvalue weighted by atomic mass is 16.3. The fourth-order valence-corrected chi connectivity index (χ4v) is 3.19. The molecule has 0 amide bonds. The lowest BCUT2D eigenvalue weighted by Crippen LogP contribution is -2.46. The van der Waals surface area contributed by atoms with Crippen LogP contribution in [0, 0.1) is 5.92 Å². The van der Waals surface area contributed by atoms with E-state index in [0.717, 1.165) is 13.0 Å². The molecule has 2 aliphatic rings. The van der Waals surface area contributed by atoms with Crippen molar-refractivity contribution in [2.75, 3.05) is 19.6 Å². The van der Waals surface area contributed by atoms with Crippen LogP contribution in [0.5, 0.6) is 0 Å². The molecule has 0 bridgehead atoms. The summed E-state index contributed by atoms with van der Waals surface area (Å²) in [6.45, 7) is 8.03.